The summed E-state index contributed by atoms with van der Waals surface area (Å²) in [6.45, 7) is 8.40. The summed E-state index contributed by atoms with van der Waals surface area (Å²) < 4.78 is 35.9. The molecule has 0 unspecified atom stereocenters. The molecule has 0 aliphatic carbocycles. The Morgan fingerprint density at radius 3 is 2.59 bits per heavy atom. The molecule has 0 fully saturated rings. The standard InChI is InChI=1S/C18H23N7.C2HF3O2/c1-13-9-16(25-7-5-14(2)23-25)4-3-15(13)10-20-12-18-22-21-17-11-19-6-8-24(17)18;3-2(4,5)1(6)7/h3-5,7,9,19-20H,6,8,10-12H2,1-2H3;(H,6,7). The van der Waals surface area contributed by atoms with Crippen LogP contribution in [0.25, 0.3) is 5.69 Å². The van der Waals surface area contributed by atoms with Crippen LogP contribution in [-0.2, 0) is 31.0 Å². The Hall–Kier alpha value is -3.25. The van der Waals surface area contributed by atoms with Gasteiger partial charge >= 0.3 is 12.1 Å². The third kappa shape index (κ3) is 5.92. The Bertz CT molecular complexity index is 1080. The second-order valence-electron chi connectivity index (χ2n) is 7.28. The molecule has 0 spiro atoms. The molecule has 3 aromatic rings. The highest BCUT2D eigenvalue weighted by Crippen LogP contribution is 2.15. The van der Waals surface area contributed by atoms with Gasteiger partial charge in [0, 0.05) is 25.8 Å². The van der Waals surface area contributed by atoms with Crippen LogP contribution in [-0.4, -0.2) is 48.3 Å². The fraction of sp³-hybridized carbons (Fsp3) is 0.400. The molecular weight excluding hydrogens is 427 g/mol. The first-order chi connectivity index (χ1) is 15.1. The summed E-state index contributed by atoms with van der Waals surface area (Å²) in [5.41, 5.74) is 4.65. The van der Waals surface area contributed by atoms with E-state index in [1.807, 2.05) is 23.9 Å². The monoisotopic (exact) mass is 451 g/mol. The molecule has 0 saturated carbocycles. The quantitative estimate of drug-likeness (QED) is 0.545. The van der Waals surface area contributed by atoms with E-state index in [4.69, 9.17) is 9.90 Å². The number of nitrogens with zero attached hydrogens (tertiary/aromatic N) is 5. The van der Waals surface area contributed by atoms with Gasteiger partial charge in [0.05, 0.1) is 24.5 Å². The van der Waals surface area contributed by atoms with Crippen molar-refractivity contribution in [3.05, 3.63) is 58.9 Å². The maximum Gasteiger partial charge on any atom is 0.490 e. The second-order valence-corrected chi connectivity index (χ2v) is 7.28. The van der Waals surface area contributed by atoms with E-state index in [1.54, 1.807) is 0 Å². The molecule has 0 amide bonds. The summed E-state index contributed by atoms with van der Waals surface area (Å²) in [5, 5.41) is 27.0. The van der Waals surface area contributed by atoms with Gasteiger partial charge in [-0.05, 0) is 43.2 Å². The fourth-order valence-corrected chi connectivity index (χ4v) is 3.17. The first kappa shape index (κ1) is 23.4. The number of carboxylic acid groups (broad SMARTS) is 1. The van der Waals surface area contributed by atoms with Gasteiger partial charge in [0.15, 0.2) is 0 Å². The van der Waals surface area contributed by atoms with Crippen LogP contribution in [0.3, 0.4) is 0 Å². The van der Waals surface area contributed by atoms with Crippen LogP contribution in [0, 0.1) is 13.8 Å². The van der Waals surface area contributed by atoms with E-state index >= 15 is 0 Å². The number of hydrogen-bond acceptors (Lipinski definition) is 6. The third-order valence-corrected chi connectivity index (χ3v) is 4.85. The zero-order valence-corrected chi connectivity index (χ0v) is 17.6. The smallest absolute Gasteiger partial charge is 0.475 e. The molecule has 4 rings (SSSR count). The molecule has 1 aliphatic heterocycles. The Balaban J connectivity index is 0.000000360. The lowest BCUT2D eigenvalue weighted by Crippen LogP contribution is -2.30. The zero-order valence-electron chi connectivity index (χ0n) is 17.6. The molecule has 12 heteroatoms. The summed E-state index contributed by atoms with van der Waals surface area (Å²) in [7, 11) is 0. The topological polar surface area (TPSA) is 110 Å². The molecule has 3 N–H and O–H groups in total. The number of rotatable bonds is 5. The molecule has 1 aliphatic rings. The minimum absolute atomic E-state index is 0.729. The lowest BCUT2D eigenvalue weighted by Gasteiger charge is -2.16. The molecule has 0 atom stereocenters. The molecule has 3 heterocycles. The molecule has 9 nitrogen and oxygen atoms in total. The van der Waals surface area contributed by atoms with Crippen LogP contribution in [0.15, 0.2) is 30.5 Å². The lowest BCUT2D eigenvalue weighted by atomic mass is 10.1. The van der Waals surface area contributed by atoms with Crippen molar-refractivity contribution in [3.8, 4) is 5.69 Å². The first-order valence-electron chi connectivity index (χ1n) is 9.90. The number of carbonyl (C=O) groups is 1. The van der Waals surface area contributed by atoms with Crippen molar-refractivity contribution >= 4 is 5.97 Å². The number of nitrogens with one attached hydrogen (secondary N) is 2. The molecule has 172 valence electrons. The van der Waals surface area contributed by atoms with Gasteiger partial charge in [0.1, 0.15) is 11.6 Å². The minimum Gasteiger partial charge on any atom is -0.475 e. The van der Waals surface area contributed by atoms with E-state index in [-0.39, 0.29) is 0 Å². The average molecular weight is 451 g/mol. The molecule has 2 aromatic heterocycles. The Labute approximate surface area is 182 Å². The number of carboxylic acids is 1. The van der Waals surface area contributed by atoms with Crippen LogP contribution in [0.4, 0.5) is 13.2 Å². The van der Waals surface area contributed by atoms with E-state index in [1.165, 1.54) is 11.1 Å². The Morgan fingerprint density at radius 2 is 1.97 bits per heavy atom. The number of aliphatic carboxylic acids is 1. The van der Waals surface area contributed by atoms with Gasteiger partial charge in [-0.25, -0.2) is 9.48 Å². The fourth-order valence-electron chi connectivity index (χ4n) is 3.17. The summed E-state index contributed by atoms with van der Waals surface area (Å²) >= 11 is 0. The van der Waals surface area contributed by atoms with E-state index in [0.29, 0.717) is 0 Å². The van der Waals surface area contributed by atoms with Crippen LogP contribution in [0.5, 0.6) is 0 Å². The van der Waals surface area contributed by atoms with Crippen molar-refractivity contribution < 1.29 is 23.1 Å². The second kappa shape index (κ2) is 9.92. The number of aromatic nitrogens is 5. The summed E-state index contributed by atoms with van der Waals surface area (Å²) in [4.78, 5) is 8.90. The number of alkyl halides is 3. The van der Waals surface area contributed by atoms with Crippen LogP contribution < -0.4 is 10.6 Å². The summed E-state index contributed by atoms with van der Waals surface area (Å²) in [6.07, 6.45) is -3.09. The number of halogens is 3. The van der Waals surface area contributed by atoms with E-state index in [2.05, 4.69) is 55.6 Å². The largest absolute Gasteiger partial charge is 0.490 e. The maximum atomic E-state index is 10.6. The summed E-state index contributed by atoms with van der Waals surface area (Å²) in [6, 6.07) is 8.46. The van der Waals surface area contributed by atoms with Crippen LogP contribution in [0.1, 0.15) is 28.5 Å². The van der Waals surface area contributed by atoms with Crippen LogP contribution in [0.2, 0.25) is 0 Å². The Kier molecular flexibility index (Phi) is 7.26. The minimum atomic E-state index is -5.08. The molecule has 1 aromatic carbocycles. The molecule has 0 bridgehead atoms. The van der Waals surface area contributed by atoms with Crippen molar-refractivity contribution in [1.82, 2.24) is 35.2 Å². The number of fused-ring (bicyclic) bond motifs is 1. The predicted molar refractivity (Wildman–Crippen MR) is 109 cm³/mol. The average Bonchev–Trinajstić information content (AvgIpc) is 3.35. The highest BCUT2D eigenvalue weighted by molar-refractivity contribution is 5.73. The highest BCUT2D eigenvalue weighted by Gasteiger charge is 2.38. The third-order valence-electron chi connectivity index (χ3n) is 4.85. The summed E-state index contributed by atoms with van der Waals surface area (Å²) in [5.74, 6) is -0.719. The SMILES string of the molecule is Cc1ccn(-c2ccc(CNCc3nnc4n3CCNC4)c(C)c2)n1.O=C(O)C(F)(F)F. The van der Waals surface area contributed by atoms with Crippen molar-refractivity contribution in [2.45, 2.75) is 46.2 Å². The van der Waals surface area contributed by atoms with E-state index in [9.17, 15) is 13.2 Å². The highest BCUT2D eigenvalue weighted by atomic mass is 19.4. The number of hydrogen-bond donors (Lipinski definition) is 3. The van der Waals surface area contributed by atoms with Gasteiger partial charge in [-0.15, -0.1) is 10.2 Å². The van der Waals surface area contributed by atoms with Crippen molar-refractivity contribution in [2.75, 3.05) is 6.54 Å². The van der Waals surface area contributed by atoms with Gasteiger partial charge in [0.25, 0.3) is 0 Å². The normalized spacial score (nSPS) is 13.3. The van der Waals surface area contributed by atoms with E-state index < -0.39 is 12.1 Å². The molecule has 0 radical (unpaired) electrons. The van der Waals surface area contributed by atoms with Gasteiger partial charge < -0.3 is 20.3 Å². The maximum absolute atomic E-state index is 10.6. The first-order valence-corrected chi connectivity index (χ1v) is 9.90. The lowest BCUT2D eigenvalue weighted by molar-refractivity contribution is -0.192. The van der Waals surface area contributed by atoms with Crippen LogP contribution >= 0.6 is 0 Å². The van der Waals surface area contributed by atoms with Gasteiger partial charge in [-0.2, -0.15) is 18.3 Å². The molecular formula is C20H24F3N7O2. The number of aryl methyl sites for hydroxylation is 2. The molecule has 0 saturated heterocycles. The Morgan fingerprint density at radius 1 is 1.22 bits per heavy atom. The van der Waals surface area contributed by atoms with Gasteiger partial charge in [-0.1, -0.05) is 6.07 Å². The zero-order chi connectivity index (χ0) is 23.3. The van der Waals surface area contributed by atoms with Crippen molar-refractivity contribution in [1.29, 1.82) is 0 Å². The van der Waals surface area contributed by atoms with E-state index in [0.717, 1.165) is 55.8 Å². The predicted octanol–water partition coefficient (Wildman–Crippen LogP) is 2.11. The van der Waals surface area contributed by atoms with Crippen molar-refractivity contribution in [2.24, 2.45) is 0 Å². The van der Waals surface area contributed by atoms with Crippen molar-refractivity contribution in [3.63, 3.8) is 0 Å². The number of benzene rings is 1. The van der Waals surface area contributed by atoms with Gasteiger partial charge in [-0.3, -0.25) is 0 Å². The molecule has 32 heavy (non-hydrogen) atoms. The van der Waals surface area contributed by atoms with Gasteiger partial charge in [0.2, 0.25) is 0 Å².